The number of aromatic nitrogens is 1. The summed E-state index contributed by atoms with van der Waals surface area (Å²) in [7, 11) is 0. The maximum atomic E-state index is 11.9. The summed E-state index contributed by atoms with van der Waals surface area (Å²) in [6.45, 7) is 0.335. The second-order valence-corrected chi connectivity index (χ2v) is 5.63. The highest BCUT2D eigenvalue weighted by Crippen LogP contribution is 2.24. The Morgan fingerprint density at radius 2 is 2.11 bits per heavy atom. The molecule has 1 fully saturated rings. The average molecular weight is 283 g/mol. The number of carbonyl (C=O) groups is 2. The van der Waals surface area contributed by atoms with E-state index in [1.54, 1.807) is 5.38 Å². The summed E-state index contributed by atoms with van der Waals surface area (Å²) in [5, 5.41) is 14.2. The van der Waals surface area contributed by atoms with Crippen molar-refractivity contribution in [2.24, 2.45) is 11.7 Å². The van der Waals surface area contributed by atoms with Crippen LogP contribution >= 0.6 is 11.3 Å². The number of aliphatic carboxylic acids is 1. The van der Waals surface area contributed by atoms with Gasteiger partial charge in [-0.1, -0.05) is 0 Å². The molecule has 1 aromatic heterocycles. The van der Waals surface area contributed by atoms with E-state index in [9.17, 15) is 9.59 Å². The minimum Gasteiger partial charge on any atom is -0.481 e. The summed E-state index contributed by atoms with van der Waals surface area (Å²) in [6.07, 6.45) is 2.64. The first kappa shape index (κ1) is 14.0. The van der Waals surface area contributed by atoms with Gasteiger partial charge in [0.25, 0.3) is 5.91 Å². The molecule has 1 saturated carbocycles. The zero-order valence-corrected chi connectivity index (χ0v) is 11.3. The maximum absolute atomic E-state index is 11.9. The van der Waals surface area contributed by atoms with Gasteiger partial charge >= 0.3 is 5.97 Å². The van der Waals surface area contributed by atoms with Gasteiger partial charge in [0.15, 0.2) is 0 Å². The molecule has 1 heterocycles. The van der Waals surface area contributed by atoms with Gasteiger partial charge < -0.3 is 16.2 Å². The maximum Gasteiger partial charge on any atom is 0.306 e. The van der Waals surface area contributed by atoms with E-state index in [0.29, 0.717) is 37.9 Å². The zero-order valence-electron chi connectivity index (χ0n) is 10.5. The molecule has 104 valence electrons. The molecule has 2 rings (SSSR count). The Labute approximate surface area is 115 Å². The molecule has 0 radical (unpaired) electrons. The normalized spacial score (nSPS) is 23.0. The van der Waals surface area contributed by atoms with Gasteiger partial charge in [-0.25, -0.2) is 4.98 Å². The van der Waals surface area contributed by atoms with E-state index in [1.807, 2.05) is 0 Å². The molecule has 6 nitrogen and oxygen atoms in total. The first-order valence-corrected chi connectivity index (χ1v) is 7.16. The van der Waals surface area contributed by atoms with E-state index >= 15 is 0 Å². The van der Waals surface area contributed by atoms with Crippen molar-refractivity contribution in [1.29, 1.82) is 0 Å². The van der Waals surface area contributed by atoms with Crippen LogP contribution in [0.25, 0.3) is 0 Å². The summed E-state index contributed by atoms with van der Waals surface area (Å²) in [5.41, 5.74) is 5.85. The lowest BCUT2D eigenvalue weighted by molar-refractivity contribution is -0.142. The molecule has 1 amide bonds. The number of carboxylic acid groups (broad SMARTS) is 1. The van der Waals surface area contributed by atoms with Gasteiger partial charge in [-0.3, -0.25) is 9.59 Å². The molecule has 1 aliphatic carbocycles. The molecule has 0 aliphatic heterocycles. The van der Waals surface area contributed by atoms with Gasteiger partial charge in [-0.05, 0) is 25.7 Å². The number of nitrogens with one attached hydrogen (secondary N) is 1. The Morgan fingerprint density at radius 1 is 1.42 bits per heavy atom. The minimum absolute atomic E-state index is 0.0473. The van der Waals surface area contributed by atoms with Gasteiger partial charge in [0, 0.05) is 18.0 Å². The summed E-state index contributed by atoms with van der Waals surface area (Å²) in [4.78, 5) is 26.9. The third-order valence-electron chi connectivity index (χ3n) is 3.37. The highest BCUT2D eigenvalue weighted by atomic mass is 32.1. The highest BCUT2D eigenvalue weighted by Gasteiger charge is 2.27. The van der Waals surface area contributed by atoms with Crippen LogP contribution in [0.2, 0.25) is 0 Å². The molecule has 0 unspecified atom stereocenters. The number of carboxylic acids is 1. The van der Waals surface area contributed by atoms with E-state index in [4.69, 9.17) is 10.8 Å². The van der Waals surface area contributed by atoms with Crippen LogP contribution in [0, 0.1) is 5.92 Å². The Hall–Kier alpha value is -1.47. The molecule has 0 bridgehead atoms. The quantitative estimate of drug-likeness (QED) is 0.763. The van der Waals surface area contributed by atoms with E-state index < -0.39 is 5.97 Å². The molecule has 0 saturated heterocycles. The van der Waals surface area contributed by atoms with Crippen LogP contribution in [0.3, 0.4) is 0 Å². The number of rotatable bonds is 4. The molecule has 7 heteroatoms. The summed E-state index contributed by atoms with van der Waals surface area (Å²) < 4.78 is 0. The van der Waals surface area contributed by atoms with Crippen LogP contribution in [-0.4, -0.2) is 28.0 Å². The molecule has 0 atom stereocenters. The van der Waals surface area contributed by atoms with Crippen LogP contribution in [0.15, 0.2) is 5.38 Å². The van der Waals surface area contributed by atoms with E-state index in [0.717, 1.165) is 5.01 Å². The summed E-state index contributed by atoms with van der Waals surface area (Å²) >= 11 is 1.37. The molecular weight excluding hydrogens is 266 g/mol. The first-order chi connectivity index (χ1) is 9.10. The van der Waals surface area contributed by atoms with Crippen LogP contribution < -0.4 is 11.1 Å². The van der Waals surface area contributed by atoms with Crippen molar-refractivity contribution in [3.05, 3.63) is 16.1 Å². The molecule has 4 N–H and O–H groups in total. The van der Waals surface area contributed by atoms with Gasteiger partial charge in [0.2, 0.25) is 0 Å². The van der Waals surface area contributed by atoms with E-state index in [1.165, 1.54) is 11.3 Å². The predicted octanol–water partition coefficient (Wildman–Crippen LogP) is 0.975. The lowest BCUT2D eigenvalue weighted by Gasteiger charge is -2.26. The van der Waals surface area contributed by atoms with E-state index in [2.05, 4.69) is 10.3 Å². The monoisotopic (exact) mass is 283 g/mol. The molecule has 0 aromatic carbocycles. The van der Waals surface area contributed by atoms with Gasteiger partial charge in [0.05, 0.1) is 5.92 Å². The lowest BCUT2D eigenvalue weighted by atomic mass is 9.86. The van der Waals surface area contributed by atoms with E-state index in [-0.39, 0.29) is 17.9 Å². The Bertz CT molecular complexity index is 467. The SMILES string of the molecule is NCc1nc(C(=O)NC2CCC(C(=O)O)CC2)cs1. The Balaban J connectivity index is 1.85. The average Bonchev–Trinajstić information content (AvgIpc) is 2.88. The second-order valence-electron chi connectivity index (χ2n) is 4.69. The Kier molecular flexibility index (Phi) is 4.49. The van der Waals surface area contributed by atoms with Crippen molar-refractivity contribution < 1.29 is 14.7 Å². The fourth-order valence-corrected chi connectivity index (χ4v) is 2.91. The fourth-order valence-electron chi connectivity index (χ4n) is 2.25. The third-order valence-corrected chi connectivity index (χ3v) is 4.24. The van der Waals surface area contributed by atoms with Crippen molar-refractivity contribution >= 4 is 23.2 Å². The van der Waals surface area contributed by atoms with Crippen molar-refractivity contribution in [1.82, 2.24) is 10.3 Å². The largest absolute Gasteiger partial charge is 0.481 e. The van der Waals surface area contributed by atoms with Crippen LogP contribution in [0.5, 0.6) is 0 Å². The minimum atomic E-state index is -0.739. The smallest absolute Gasteiger partial charge is 0.306 e. The standard InChI is InChI=1S/C12H17N3O3S/c13-5-10-15-9(6-19-10)11(16)14-8-3-1-7(2-4-8)12(17)18/h6-8H,1-5,13H2,(H,14,16)(H,17,18). The zero-order chi connectivity index (χ0) is 13.8. The van der Waals surface area contributed by atoms with Crippen molar-refractivity contribution in [3.8, 4) is 0 Å². The van der Waals surface area contributed by atoms with Gasteiger partial charge in [-0.2, -0.15) is 0 Å². The molecule has 19 heavy (non-hydrogen) atoms. The number of hydrogen-bond donors (Lipinski definition) is 3. The topological polar surface area (TPSA) is 105 Å². The fraction of sp³-hybridized carbons (Fsp3) is 0.583. The predicted molar refractivity (Wildman–Crippen MR) is 70.9 cm³/mol. The van der Waals surface area contributed by atoms with Crippen LogP contribution in [0.4, 0.5) is 0 Å². The van der Waals surface area contributed by atoms with Gasteiger partial charge in [-0.15, -0.1) is 11.3 Å². The Morgan fingerprint density at radius 3 is 2.63 bits per heavy atom. The molecule has 1 aliphatic rings. The van der Waals surface area contributed by atoms with Crippen molar-refractivity contribution in [3.63, 3.8) is 0 Å². The first-order valence-electron chi connectivity index (χ1n) is 6.28. The summed E-state index contributed by atoms with van der Waals surface area (Å²) in [6, 6.07) is 0.0473. The number of amides is 1. The number of nitrogens with two attached hydrogens (primary N) is 1. The molecular formula is C12H17N3O3S. The number of nitrogens with zero attached hydrogens (tertiary/aromatic N) is 1. The summed E-state index contributed by atoms with van der Waals surface area (Å²) in [5.74, 6) is -1.21. The number of thiazole rings is 1. The second kappa shape index (κ2) is 6.12. The number of hydrogen-bond acceptors (Lipinski definition) is 5. The van der Waals surface area contributed by atoms with Gasteiger partial charge in [0.1, 0.15) is 10.7 Å². The number of carbonyl (C=O) groups excluding carboxylic acids is 1. The third kappa shape index (κ3) is 3.51. The highest BCUT2D eigenvalue weighted by molar-refractivity contribution is 7.09. The lowest BCUT2D eigenvalue weighted by Crippen LogP contribution is -2.38. The van der Waals surface area contributed by atoms with Crippen molar-refractivity contribution in [2.75, 3.05) is 0 Å². The molecule has 1 aromatic rings. The van der Waals surface area contributed by atoms with Crippen LogP contribution in [-0.2, 0) is 11.3 Å². The molecule has 0 spiro atoms. The van der Waals surface area contributed by atoms with Crippen molar-refractivity contribution in [2.45, 2.75) is 38.3 Å². The van der Waals surface area contributed by atoms with Crippen LogP contribution in [0.1, 0.15) is 41.2 Å².